The second-order valence-corrected chi connectivity index (χ2v) is 6.95. The standard InChI is InChI=1S/C17H29NO5/c1-11(2)22-15(19)13(16(20)23-12(3)4)8-9-14-18(7)17(5,6)10-21-14/h8,11-12,14H,9-10H2,1-7H3. The first-order valence-electron chi connectivity index (χ1n) is 8.01. The number of esters is 2. The van der Waals surface area contributed by atoms with E-state index in [1.807, 2.05) is 7.05 Å². The maximum atomic E-state index is 12.1. The summed E-state index contributed by atoms with van der Waals surface area (Å²) in [6, 6.07) is 0. The highest BCUT2D eigenvalue weighted by Crippen LogP contribution is 2.27. The second kappa shape index (κ2) is 7.93. The van der Waals surface area contributed by atoms with Crippen LogP contribution in [-0.4, -0.2) is 54.5 Å². The first kappa shape index (κ1) is 19.6. The molecule has 0 bridgehead atoms. The average molecular weight is 327 g/mol. The molecular weight excluding hydrogens is 298 g/mol. The molecule has 0 spiro atoms. The number of carbonyl (C=O) groups excluding carboxylic acids is 2. The van der Waals surface area contributed by atoms with E-state index in [2.05, 4.69) is 18.7 Å². The molecule has 1 unspecified atom stereocenters. The summed E-state index contributed by atoms with van der Waals surface area (Å²) >= 11 is 0. The molecule has 0 saturated carbocycles. The molecule has 0 N–H and O–H groups in total. The van der Waals surface area contributed by atoms with Gasteiger partial charge in [0.1, 0.15) is 11.8 Å². The van der Waals surface area contributed by atoms with Gasteiger partial charge in [-0.2, -0.15) is 0 Å². The third-order valence-corrected chi connectivity index (χ3v) is 3.66. The second-order valence-electron chi connectivity index (χ2n) is 6.95. The van der Waals surface area contributed by atoms with Gasteiger partial charge in [0.05, 0.1) is 18.8 Å². The minimum absolute atomic E-state index is 0.0739. The zero-order valence-electron chi connectivity index (χ0n) is 15.2. The van der Waals surface area contributed by atoms with Gasteiger partial charge in [-0.1, -0.05) is 6.08 Å². The van der Waals surface area contributed by atoms with Crippen molar-refractivity contribution >= 4 is 11.9 Å². The van der Waals surface area contributed by atoms with E-state index in [-0.39, 0.29) is 29.5 Å². The Hall–Kier alpha value is -1.40. The lowest BCUT2D eigenvalue weighted by Crippen LogP contribution is -2.40. The third-order valence-electron chi connectivity index (χ3n) is 3.66. The summed E-state index contributed by atoms with van der Waals surface area (Å²) in [5, 5.41) is 0. The number of rotatable bonds is 6. The fourth-order valence-corrected chi connectivity index (χ4v) is 2.15. The fraction of sp³-hybridized carbons (Fsp3) is 0.765. The van der Waals surface area contributed by atoms with E-state index in [0.717, 1.165) is 0 Å². The molecule has 132 valence electrons. The lowest BCUT2D eigenvalue weighted by Gasteiger charge is -2.28. The molecule has 1 atom stereocenters. The van der Waals surface area contributed by atoms with Gasteiger partial charge in [0.15, 0.2) is 0 Å². The van der Waals surface area contributed by atoms with E-state index in [1.54, 1.807) is 33.8 Å². The average Bonchev–Trinajstić information content (AvgIpc) is 2.64. The molecule has 0 aromatic carbocycles. The van der Waals surface area contributed by atoms with Crippen LogP contribution in [0.15, 0.2) is 11.6 Å². The Kier molecular flexibility index (Phi) is 6.77. The number of carbonyl (C=O) groups is 2. The lowest BCUT2D eigenvalue weighted by molar-refractivity contribution is -0.151. The van der Waals surface area contributed by atoms with Crippen LogP contribution in [0.3, 0.4) is 0 Å². The molecule has 1 rings (SSSR count). The predicted molar refractivity (Wildman–Crippen MR) is 86.7 cm³/mol. The zero-order valence-corrected chi connectivity index (χ0v) is 15.2. The van der Waals surface area contributed by atoms with Gasteiger partial charge in [0.2, 0.25) is 0 Å². The van der Waals surface area contributed by atoms with Crippen LogP contribution in [0.2, 0.25) is 0 Å². The summed E-state index contributed by atoms with van der Waals surface area (Å²) in [7, 11) is 1.96. The molecule has 0 amide bonds. The van der Waals surface area contributed by atoms with Gasteiger partial charge in [-0.15, -0.1) is 0 Å². The summed E-state index contributed by atoms with van der Waals surface area (Å²) < 4.78 is 16.0. The first-order valence-corrected chi connectivity index (χ1v) is 8.01. The highest BCUT2D eigenvalue weighted by molar-refractivity contribution is 6.14. The summed E-state index contributed by atoms with van der Waals surface area (Å²) in [6.45, 7) is 11.7. The summed E-state index contributed by atoms with van der Waals surface area (Å²) in [6.07, 6.45) is 1.18. The highest BCUT2D eigenvalue weighted by atomic mass is 16.6. The smallest absolute Gasteiger partial charge is 0.345 e. The van der Waals surface area contributed by atoms with Crippen LogP contribution < -0.4 is 0 Å². The van der Waals surface area contributed by atoms with Crippen LogP contribution in [0.25, 0.3) is 0 Å². The molecule has 6 nitrogen and oxygen atoms in total. The van der Waals surface area contributed by atoms with Crippen LogP contribution >= 0.6 is 0 Å². The van der Waals surface area contributed by atoms with Crippen LogP contribution in [0.4, 0.5) is 0 Å². The van der Waals surface area contributed by atoms with Crippen molar-refractivity contribution in [3.8, 4) is 0 Å². The van der Waals surface area contributed by atoms with E-state index < -0.39 is 11.9 Å². The number of nitrogens with zero attached hydrogens (tertiary/aromatic N) is 1. The fourth-order valence-electron chi connectivity index (χ4n) is 2.15. The zero-order chi connectivity index (χ0) is 17.8. The van der Waals surface area contributed by atoms with E-state index in [0.29, 0.717) is 13.0 Å². The van der Waals surface area contributed by atoms with Crippen molar-refractivity contribution in [2.75, 3.05) is 13.7 Å². The van der Waals surface area contributed by atoms with E-state index in [9.17, 15) is 9.59 Å². The van der Waals surface area contributed by atoms with Crippen molar-refractivity contribution in [1.82, 2.24) is 4.90 Å². The minimum atomic E-state index is -0.662. The molecule has 0 radical (unpaired) electrons. The number of likely N-dealkylation sites (N-methyl/N-ethyl adjacent to an activating group) is 1. The molecule has 0 aliphatic carbocycles. The topological polar surface area (TPSA) is 65.1 Å². The number of hydrogen-bond acceptors (Lipinski definition) is 6. The first-order chi connectivity index (χ1) is 10.5. The Labute approximate surface area is 138 Å². The van der Waals surface area contributed by atoms with E-state index in [1.165, 1.54) is 0 Å². The van der Waals surface area contributed by atoms with Gasteiger partial charge < -0.3 is 14.2 Å². The van der Waals surface area contributed by atoms with Gasteiger partial charge in [-0.3, -0.25) is 4.90 Å². The molecule has 1 aliphatic rings. The highest BCUT2D eigenvalue weighted by Gasteiger charge is 2.37. The van der Waals surface area contributed by atoms with Crippen LogP contribution in [0.5, 0.6) is 0 Å². The molecular formula is C17H29NO5. The Morgan fingerprint density at radius 1 is 1.17 bits per heavy atom. The van der Waals surface area contributed by atoms with Crippen LogP contribution in [0.1, 0.15) is 48.0 Å². The van der Waals surface area contributed by atoms with Crippen molar-refractivity contribution in [3.05, 3.63) is 11.6 Å². The van der Waals surface area contributed by atoms with Gasteiger partial charge in [-0.05, 0) is 48.6 Å². The summed E-state index contributed by atoms with van der Waals surface area (Å²) in [4.78, 5) is 26.4. The molecule has 0 aromatic heterocycles. The van der Waals surface area contributed by atoms with Gasteiger partial charge in [-0.25, -0.2) is 9.59 Å². The summed E-state index contributed by atoms with van der Waals surface area (Å²) in [5.74, 6) is -1.32. The normalized spacial score (nSPS) is 20.7. The quantitative estimate of drug-likeness (QED) is 0.323. The van der Waals surface area contributed by atoms with Gasteiger partial charge >= 0.3 is 11.9 Å². The molecule has 1 heterocycles. The summed E-state index contributed by atoms with van der Waals surface area (Å²) in [5.41, 5.74) is -0.149. The Balaban J connectivity index is 2.86. The van der Waals surface area contributed by atoms with Crippen LogP contribution in [-0.2, 0) is 23.8 Å². The monoisotopic (exact) mass is 327 g/mol. The molecule has 1 aliphatic heterocycles. The molecule has 23 heavy (non-hydrogen) atoms. The molecule has 6 heteroatoms. The van der Waals surface area contributed by atoms with Crippen LogP contribution in [0, 0.1) is 0 Å². The molecule has 1 fully saturated rings. The van der Waals surface area contributed by atoms with Gasteiger partial charge in [0.25, 0.3) is 0 Å². The predicted octanol–water partition coefficient (Wildman–Crippen LogP) is 2.27. The van der Waals surface area contributed by atoms with Crippen molar-refractivity contribution < 1.29 is 23.8 Å². The minimum Gasteiger partial charge on any atom is -0.459 e. The Morgan fingerprint density at radius 3 is 2.00 bits per heavy atom. The lowest BCUT2D eigenvalue weighted by atomic mass is 10.1. The largest absolute Gasteiger partial charge is 0.459 e. The Bertz CT molecular complexity index is 444. The van der Waals surface area contributed by atoms with Crippen molar-refractivity contribution in [3.63, 3.8) is 0 Å². The van der Waals surface area contributed by atoms with E-state index >= 15 is 0 Å². The third kappa shape index (κ3) is 5.62. The SMILES string of the molecule is CC(C)OC(=O)C(=CCC1OCC(C)(C)N1C)C(=O)OC(C)C. The molecule has 1 saturated heterocycles. The maximum absolute atomic E-state index is 12.1. The van der Waals surface area contributed by atoms with Crippen molar-refractivity contribution in [2.24, 2.45) is 0 Å². The van der Waals surface area contributed by atoms with Crippen molar-refractivity contribution in [2.45, 2.75) is 71.9 Å². The number of ether oxygens (including phenoxy) is 3. The van der Waals surface area contributed by atoms with Crippen molar-refractivity contribution in [1.29, 1.82) is 0 Å². The molecule has 0 aromatic rings. The Morgan fingerprint density at radius 2 is 1.65 bits per heavy atom. The van der Waals surface area contributed by atoms with Gasteiger partial charge in [0, 0.05) is 12.0 Å². The van der Waals surface area contributed by atoms with E-state index in [4.69, 9.17) is 14.2 Å². The number of hydrogen-bond donors (Lipinski definition) is 0. The maximum Gasteiger partial charge on any atom is 0.345 e.